The molecule has 1 atom stereocenters. The zero-order valence-corrected chi connectivity index (χ0v) is 11.9. The largest absolute Gasteiger partial charge is 0.285 e. The number of carbonyl (C=O) groups excluding carboxylic acids is 2. The number of allylic oxidation sites excluding steroid dienone is 1. The average Bonchev–Trinajstić information content (AvgIpc) is 2.46. The van der Waals surface area contributed by atoms with Crippen molar-refractivity contribution >= 4 is 22.8 Å². The van der Waals surface area contributed by atoms with Crippen LogP contribution in [0.4, 0.5) is 0 Å². The van der Waals surface area contributed by atoms with E-state index in [2.05, 4.69) is 11.1 Å². The molecule has 0 radical (unpaired) electrons. The Balaban J connectivity index is 1.94. The quantitative estimate of drug-likeness (QED) is 0.732. The van der Waals surface area contributed by atoms with Gasteiger partial charge in [-0.15, -0.1) is 0 Å². The summed E-state index contributed by atoms with van der Waals surface area (Å²) in [5, 5.41) is 3.89. The minimum Gasteiger partial charge on any atom is -0.285 e. The van der Waals surface area contributed by atoms with Gasteiger partial charge in [0.05, 0.1) is 0 Å². The molecule has 1 saturated heterocycles. The van der Waals surface area contributed by atoms with Crippen LogP contribution >= 0.6 is 11.8 Å². The summed E-state index contributed by atoms with van der Waals surface area (Å²) in [4.78, 5) is 24.7. The molecule has 3 aliphatic rings. The zero-order valence-electron chi connectivity index (χ0n) is 11.1. The Hall–Kier alpha value is -1.07. The van der Waals surface area contributed by atoms with Crippen LogP contribution in [0.5, 0.6) is 0 Å². The minimum absolute atomic E-state index is 0.0179. The maximum absolute atomic E-state index is 12.6. The van der Waals surface area contributed by atoms with E-state index in [-0.39, 0.29) is 17.1 Å². The Bertz CT molecular complexity index is 484. The molecule has 5 heteroatoms. The number of thioether (sulfide) groups is 1. The first kappa shape index (κ1) is 12.9. The molecule has 4 nitrogen and oxygen atoms in total. The van der Waals surface area contributed by atoms with Gasteiger partial charge in [0.15, 0.2) is 0 Å². The van der Waals surface area contributed by atoms with Gasteiger partial charge in [-0.2, -0.15) is 0 Å². The molecule has 2 heterocycles. The van der Waals surface area contributed by atoms with E-state index in [4.69, 9.17) is 0 Å². The molecule has 19 heavy (non-hydrogen) atoms. The van der Waals surface area contributed by atoms with E-state index in [0.717, 1.165) is 44.3 Å². The molecule has 2 aliphatic heterocycles. The highest BCUT2D eigenvalue weighted by atomic mass is 32.2. The van der Waals surface area contributed by atoms with Crippen molar-refractivity contribution in [1.29, 1.82) is 0 Å². The third-order valence-electron chi connectivity index (χ3n) is 4.06. The lowest BCUT2D eigenvalue weighted by Gasteiger charge is -2.47. The Kier molecular flexibility index (Phi) is 3.50. The van der Waals surface area contributed by atoms with Crippen LogP contribution in [0.2, 0.25) is 0 Å². The molecule has 0 bridgehead atoms. The number of hydrogen-bond donors (Lipinski definition) is 0. The lowest BCUT2D eigenvalue weighted by molar-refractivity contribution is -0.161. The Morgan fingerprint density at radius 3 is 3.11 bits per heavy atom. The summed E-state index contributed by atoms with van der Waals surface area (Å²) >= 11 is 1.22. The molecule has 1 unspecified atom stereocenters. The van der Waals surface area contributed by atoms with Gasteiger partial charge in [0.25, 0.3) is 5.91 Å². The Morgan fingerprint density at radius 2 is 2.32 bits per heavy atom. The molecular weight excluding hydrogens is 260 g/mol. The third-order valence-corrected chi connectivity index (χ3v) is 4.73. The Labute approximate surface area is 117 Å². The summed E-state index contributed by atoms with van der Waals surface area (Å²) in [6.07, 6.45) is 9.56. The fourth-order valence-corrected chi connectivity index (χ4v) is 3.60. The summed E-state index contributed by atoms with van der Waals surface area (Å²) in [7, 11) is 0. The van der Waals surface area contributed by atoms with Crippen molar-refractivity contribution in [3.05, 3.63) is 23.3 Å². The van der Waals surface area contributed by atoms with E-state index in [1.54, 1.807) is 11.3 Å². The first-order valence-electron chi connectivity index (χ1n) is 6.77. The number of hydrogen-bond acceptors (Lipinski definition) is 4. The molecule has 0 aromatic carbocycles. The Morgan fingerprint density at radius 1 is 1.47 bits per heavy atom. The molecule has 102 valence electrons. The van der Waals surface area contributed by atoms with Gasteiger partial charge in [0, 0.05) is 18.7 Å². The van der Waals surface area contributed by atoms with Gasteiger partial charge in [-0.3, -0.25) is 14.6 Å². The first-order chi connectivity index (χ1) is 9.22. The summed E-state index contributed by atoms with van der Waals surface area (Å²) < 4.78 is 0. The van der Waals surface area contributed by atoms with Gasteiger partial charge in [0.1, 0.15) is 6.04 Å². The molecule has 0 N–H and O–H groups in total. The molecular formula is C14H18N2O2S. The summed E-state index contributed by atoms with van der Waals surface area (Å²) in [6.45, 7) is 1.69. The lowest BCUT2D eigenvalue weighted by atomic mass is 9.93. The van der Waals surface area contributed by atoms with E-state index in [1.807, 2.05) is 6.08 Å². The van der Waals surface area contributed by atoms with Crippen LogP contribution in [-0.2, 0) is 9.59 Å². The van der Waals surface area contributed by atoms with Crippen molar-refractivity contribution in [3.8, 4) is 0 Å². The number of nitrogens with zero attached hydrogens (tertiary/aromatic N) is 2. The second-order valence-electron chi connectivity index (χ2n) is 5.18. The van der Waals surface area contributed by atoms with E-state index < -0.39 is 0 Å². The van der Waals surface area contributed by atoms with Crippen LogP contribution in [0.1, 0.15) is 25.7 Å². The summed E-state index contributed by atoms with van der Waals surface area (Å²) in [5.41, 5.74) is 2.06. The van der Waals surface area contributed by atoms with Crippen LogP contribution < -0.4 is 0 Å². The zero-order chi connectivity index (χ0) is 13.4. The highest BCUT2D eigenvalue weighted by molar-refractivity contribution is 8.13. The van der Waals surface area contributed by atoms with Crippen LogP contribution in [0, 0.1) is 0 Å². The van der Waals surface area contributed by atoms with E-state index in [9.17, 15) is 9.59 Å². The second-order valence-corrected chi connectivity index (χ2v) is 5.99. The van der Waals surface area contributed by atoms with Gasteiger partial charge in [-0.1, -0.05) is 23.9 Å². The highest BCUT2D eigenvalue weighted by Crippen LogP contribution is 2.32. The number of amides is 1. The van der Waals surface area contributed by atoms with Crippen LogP contribution in [-0.4, -0.2) is 46.4 Å². The van der Waals surface area contributed by atoms with Gasteiger partial charge < -0.3 is 0 Å². The van der Waals surface area contributed by atoms with Gasteiger partial charge in [-0.05, 0) is 37.5 Å². The predicted molar refractivity (Wildman–Crippen MR) is 75.4 cm³/mol. The van der Waals surface area contributed by atoms with Crippen molar-refractivity contribution in [2.24, 2.45) is 0 Å². The van der Waals surface area contributed by atoms with Crippen LogP contribution in [0.25, 0.3) is 0 Å². The average molecular weight is 278 g/mol. The van der Waals surface area contributed by atoms with Crippen LogP contribution in [0.3, 0.4) is 0 Å². The molecule has 1 fully saturated rings. The number of fused-ring (bicyclic) bond motifs is 1. The second kappa shape index (κ2) is 5.13. The monoisotopic (exact) mass is 278 g/mol. The molecule has 1 aliphatic carbocycles. The van der Waals surface area contributed by atoms with Gasteiger partial charge >= 0.3 is 0 Å². The molecule has 0 aromatic heterocycles. The number of rotatable bonds is 1. The van der Waals surface area contributed by atoms with E-state index in [1.165, 1.54) is 17.3 Å². The fourth-order valence-electron chi connectivity index (χ4n) is 3.11. The summed E-state index contributed by atoms with van der Waals surface area (Å²) in [5.74, 6) is 0.0179. The molecule has 0 saturated carbocycles. The number of carbonyl (C=O) groups is 2. The molecule has 3 rings (SSSR count). The molecule has 1 amide bonds. The van der Waals surface area contributed by atoms with E-state index >= 15 is 0 Å². The maximum atomic E-state index is 12.6. The van der Waals surface area contributed by atoms with Gasteiger partial charge in [0.2, 0.25) is 5.12 Å². The van der Waals surface area contributed by atoms with Crippen molar-refractivity contribution in [2.45, 2.75) is 31.7 Å². The normalized spacial score (nSPS) is 27.3. The van der Waals surface area contributed by atoms with E-state index in [0.29, 0.717) is 0 Å². The fraction of sp³-hybridized carbons (Fsp3) is 0.571. The first-order valence-corrected chi connectivity index (χ1v) is 7.99. The van der Waals surface area contributed by atoms with Crippen molar-refractivity contribution in [2.75, 3.05) is 19.3 Å². The predicted octanol–water partition coefficient (Wildman–Crippen LogP) is 1.74. The van der Waals surface area contributed by atoms with Crippen molar-refractivity contribution < 1.29 is 9.59 Å². The summed E-state index contributed by atoms with van der Waals surface area (Å²) in [6, 6.07) is -0.277. The van der Waals surface area contributed by atoms with Gasteiger partial charge in [-0.25, -0.2) is 5.01 Å². The maximum Gasteiger partial charge on any atom is 0.268 e. The smallest absolute Gasteiger partial charge is 0.268 e. The minimum atomic E-state index is -0.277. The van der Waals surface area contributed by atoms with Crippen molar-refractivity contribution in [3.63, 3.8) is 0 Å². The standard InChI is InChI=1S/C14H18N2O2S/c1-19-14(18)12-7-4-8-15-9-10-5-2-3-6-11(10)13(17)16(12)15/h3,6,12H,2,4-5,7-9H2,1H3. The van der Waals surface area contributed by atoms with Crippen LogP contribution in [0.15, 0.2) is 23.3 Å². The number of hydrazine groups is 1. The molecule has 0 aromatic rings. The lowest BCUT2D eigenvalue weighted by Crippen LogP contribution is -2.60. The SMILES string of the molecule is CSC(=O)C1CCCN2CC3=C(C=CCC3)C(=O)N12. The molecule has 0 spiro atoms. The highest BCUT2D eigenvalue weighted by Gasteiger charge is 2.41. The van der Waals surface area contributed by atoms with Crippen molar-refractivity contribution in [1.82, 2.24) is 10.0 Å². The topological polar surface area (TPSA) is 40.6 Å². The third kappa shape index (κ3) is 2.15.